The maximum absolute atomic E-state index is 13.2. The average molecular weight is 363 g/mol. The molecule has 3 aromatic heterocycles. The molecule has 8 nitrogen and oxygen atoms in total. The lowest BCUT2D eigenvalue weighted by atomic mass is 10.3. The van der Waals surface area contributed by atoms with E-state index in [2.05, 4.69) is 32.1 Å². The summed E-state index contributed by atoms with van der Waals surface area (Å²) in [4.78, 5) is 24.2. The second-order valence-electron chi connectivity index (χ2n) is 6.36. The Bertz CT molecular complexity index is 1050. The van der Waals surface area contributed by atoms with Gasteiger partial charge in [-0.3, -0.25) is 14.3 Å². The largest absolute Gasteiger partial charge is 0.340 e. The molecule has 0 aromatic carbocycles. The van der Waals surface area contributed by atoms with E-state index in [9.17, 15) is 4.79 Å². The van der Waals surface area contributed by atoms with Crippen LogP contribution in [0, 0.1) is 11.8 Å². The van der Waals surface area contributed by atoms with Crippen molar-refractivity contribution in [2.45, 2.75) is 20.0 Å². The quantitative estimate of drug-likeness (QED) is 0.679. The molecule has 4 rings (SSSR count). The van der Waals surface area contributed by atoms with E-state index in [0.717, 1.165) is 37.7 Å². The minimum absolute atomic E-state index is 0.164. The molecular weight excluding hydrogens is 342 g/mol. The van der Waals surface area contributed by atoms with E-state index < -0.39 is 0 Å². The summed E-state index contributed by atoms with van der Waals surface area (Å²) in [5.41, 5.74) is 1.91. The molecule has 0 aliphatic carbocycles. The van der Waals surface area contributed by atoms with E-state index >= 15 is 0 Å². The molecule has 0 bridgehead atoms. The van der Waals surface area contributed by atoms with Gasteiger partial charge in [0.2, 0.25) is 5.95 Å². The molecule has 1 N–H and O–H groups in total. The van der Waals surface area contributed by atoms with Gasteiger partial charge in [0, 0.05) is 38.6 Å². The zero-order chi connectivity index (χ0) is 18.6. The number of anilines is 1. The van der Waals surface area contributed by atoms with Crippen LogP contribution >= 0.6 is 0 Å². The number of aromatic nitrogens is 5. The van der Waals surface area contributed by atoms with E-state index in [-0.39, 0.29) is 5.56 Å². The lowest BCUT2D eigenvalue weighted by molar-refractivity contribution is 0.572. The molecule has 1 aliphatic rings. The van der Waals surface area contributed by atoms with E-state index in [4.69, 9.17) is 4.98 Å². The Morgan fingerprint density at radius 3 is 2.85 bits per heavy atom. The zero-order valence-corrected chi connectivity index (χ0v) is 15.2. The van der Waals surface area contributed by atoms with Gasteiger partial charge >= 0.3 is 0 Å². The third-order valence-corrected chi connectivity index (χ3v) is 4.60. The number of nitrogens with one attached hydrogen (secondary N) is 1. The molecule has 0 amide bonds. The van der Waals surface area contributed by atoms with Gasteiger partial charge in [0.05, 0.1) is 19.3 Å². The summed E-state index contributed by atoms with van der Waals surface area (Å²) in [5.74, 6) is 6.77. The lowest BCUT2D eigenvalue weighted by Crippen LogP contribution is -2.44. The van der Waals surface area contributed by atoms with Gasteiger partial charge in [-0.2, -0.15) is 5.10 Å². The first-order valence-corrected chi connectivity index (χ1v) is 8.98. The van der Waals surface area contributed by atoms with Crippen LogP contribution in [0.4, 0.5) is 5.95 Å². The molecule has 1 fully saturated rings. The van der Waals surface area contributed by atoms with Crippen molar-refractivity contribution in [2.75, 3.05) is 31.1 Å². The number of pyridine rings is 1. The van der Waals surface area contributed by atoms with Crippen LogP contribution in [0.1, 0.15) is 12.5 Å². The molecule has 27 heavy (non-hydrogen) atoms. The average Bonchev–Trinajstić information content (AvgIpc) is 3.09. The van der Waals surface area contributed by atoms with Crippen LogP contribution in [0.3, 0.4) is 0 Å². The molecule has 0 unspecified atom stereocenters. The molecule has 3 aromatic rings. The number of imidazole rings is 1. The van der Waals surface area contributed by atoms with Crippen LogP contribution in [0.2, 0.25) is 0 Å². The number of piperazine rings is 1. The zero-order valence-electron chi connectivity index (χ0n) is 15.2. The number of rotatable bonds is 4. The highest BCUT2D eigenvalue weighted by molar-refractivity contribution is 5.77. The summed E-state index contributed by atoms with van der Waals surface area (Å²) in [5, 5.41) is 7.65. The van der Waals surface area contributed by atoms with Gasteiger partial charge in [0.25, 0.3) is 5.56 Å². The van der Waals surface area contributed by atoms with E-state index in [1.54, 1.807) is 25.5 Å². The van der Waals surface area contributed by atoms with Crippen molar-refractivity contribution in [1.29, 1.82) is 0 Å². The van der Waals surface area contributed by atoms with Crippen LogP contribution in [0.25, 0.3) is 11.0 Å². The molecule has 8 heteroatoms. The maximum Gasteiger partial charge on any atom is 0.293 e. The second kappa shape index (κ2) is 7.60. The molecule has 1 saturated heterocycles. The van der Waals surface area contributed by atoms with Crippen molar-refractivity contribution in [3.63, 3.8) is 0 Å². The van der Waals surface area contributed by atoms with Crippen LogP contribution in [0.5, 0.6) is 0 Å². The van der Waals surface area contributed by atoms with E-state index in [1.807, 2.05) is 16.7 Å². The summed E-state index contributed by atoms with van der Waals surface area (Å²) in [7, 11) is 0. The highest BCUT2D eigenvalue weighted by Crippen LogP contribution is 2.20. The van der Waals surface area contributed by atoms with Gasteiger partial charge in [-0.1, -0.05) is 12.0 Å². The van der Waals surface area contributed by atoms with Crippen LogP contribution in [0.15, 0.2) is 35.5 Å². The van der Waals surface area contributed by atoms with E-state index in [0.29, 0.717) is 24.1 Å². The summed E-state index contributed by atoms with van der Waals surface area (Å²) >= 11 is 0. The maximum atomic E-state index is 13.2. The Balaban J connectivity index is 1.81. The fourth-order valence-corrected chi connectivity index (χ4v) is 3.26. The monoisotopic (exact) mass is 363 g/mol. The Labute approximate surface area is 156 Å². The third kappa shape index (κ3) is 3.41. The van der Waals surface area contributed by atoms with Gasteiger partial charge in [0.15, 0.2) is 0 Å². The third-order valence-electron chi connectivity index (χ3n) is 4.60. The summed E-state index contributed by atoms with van der Waals surface area (Å²) in [6.45, 7) is 6.08. The summed E-state index contributed by atoms with van der Waals surface area (Å²) in [6, 6.07) is 3.78. The van der Waals surface area contributed by atoms with E-state index in [1.165, 1.54) is 4.68 Å². The first-order chi connectivity index (χ1) is 13.3. The normalized spacial score (nSPS) is 14.2. The lowest BCUT2D eigenvalue weighted by Gasteiger charge is -2.28. The van der Waals surface area contributed by atoms with Crippen molar-refractivity contribution in [1.82, 2.24) is 29.6 Å². The number of nitrogens with zero attached hydrogens (tertiary/aromatic N) is 6. The minimum Gasteiger partial charge on any atom is -0.340 e. The minimum atomic E-state index is -0.164. The molecule has 0 radical (unpaired) electrons. The van der Waals surface area contributed by atoms with Gasteiger partial charge in [-0.05, 0) is 18.6 Å². The van der Waals surface area contributed by atoms with Crippen LogP contribution < -0.4 is 15.8 Å². The second-order valence-corrected chi connectivity index (χ2v) is 6.36. The molecule has 1 aliphatic heterocycles. The number of fused-ring (bicyclic) bond motifs is 1. The summed E-state index contributed by atoms with van der Waals surface area (Å²) < 4.78 is 3.37. The molecule has 4 heterocycles. The highest BCUT2D eigenvalue weighted by atomic mass is 16.1. The molecule has 0 saturated carbocycles. The Morgan fingerprint density at radius 2 is 2.11 bits per heavy atom. The van der Waals surface area contributed by atoms with Gasteiger partial charge in [-0.25, -0.2) is 9.67 Å². The van der Waals surface area contributed by atoms with Crippen LogP contribution in [-0.2, 0) is 13.1 Å². The predicted octanol–water partition coefficient (Wildman–Crippen LogP) is 0.469. The number of hydrogen-bond donors (Lipinski definition) is 1. The van der Waals surface area contributed by atoms with Gasteiger partial charge in [0.1, 0.15) is 11.0 Å². The standard InChI is InChI=1S/C19H21N7O/c1-2-3-9-25-17-16(23-19(25)24-10-7-20-8-11-24)13-22-26(18(17)27)14-15-5-4-6-21-12-15/h4-6,12-13,20H,7-11,14H2,1H3. The topological polar surface area (TPSA) is 80.9 Å². The smallest absolute Gasteiger partial charge is 0.293 e. The SMILES string of the molecule is CC#CCn1c(N2CCNCC2)nc2cnn(Cc3cccnc3)c(=O)c21. The predicted molar refractivity (Wildman–Crippen MR) is 104 cm³/mol. The van der Waals surface area contributed by atoms with Gasteiger partial charge < -0.3 is 10.2 Å². The number of hydrogen-bond acceptors (Lipinski definition) is 6. The molecule has 138 valence electrons. The fraction of sp³-hybridized carbons (Fsp3) is 0.368. The first-order valence-electron chi connectivity index (χ1n) is 8.98. The molecule has 0 spiro atoms. The fourth-order valence-electron chi connectivity index (χ4n) is 3.26. The van der Waals surface area contributed by atoms with Crippen molar-refractivity contribution in [3.05, 3.63) is 46.6 Å². The first kappa shape index (κ1) is 17.2. The van der Waals surface area contributed by atoms with Crippen LogP contribution in [-0.4, -0.2) is 50.5 Å². The Morgan fingerprint density at radius 1 is 1.26 bits per heavy atom. The van der Waals surface area contributed by atoms with Gasteiger partial charge in [-0.15, -0.1) is 5.92 Å². The van der Waals surface area contributed by atoms with Crippen molar-refractivity contribution in [2.24, 2.45) is 0 Å². The summed E-state index contributed by atoms with van der Waals surface area (Å²) in [6.07, 6.45) is 5.11. The Hall–Kier alpha value is -3.18. The molecule has 0 atom stereocenters. The molecular formula is C19H21N7O. The van der Waals surface area contributed by atoms with Crippen molar-refractivity contribution >= 4 is 17.0 Å². The van der Waals surface area contributed by atoms with Crippen molar-refractivity contribution in [3.8, 4) is 11.8 Å². The highest BCUT2D eigenvalue weighted by Gasteiger charge is 2.21. The van der Waals surface area contributed by atoms with Crippen molar-refractivity contribution < 1.29 is 0 Å². The Kier molecular flexibility index (Phi) is 4.85.